The highest BCUT2D eigenvalue weighted by molar-refractivity contribution is 7.80. The summed E-state index contributed by atoms with van der Waals surface area (Å²) in [5, 5.41) is 7.34. The monoisotopic (exact) mass is 344 g/mol. The van der Waals surface area contributed by atoms with Crippen molar-refractivity contribution in [1.82, 2.24) is 5.32 Å². The maximum Gasteiger partial charge on any atom is 0.171 e. The van der Waals surface area contributed by atoms with Gasteiger partial charge < -0.3 is 20.0 Å². The Balaban J connectivity index is 1.61. The number of aryl methyl sites for hydroxylation is 1. The second-order valence-corrected chi connectivity index (χ2v) is 6.85. The van der Waals surface area contributed by atoms with E-state index in [4.69, 9.17) is 16.6 Å². The van der Waals surface area contributed by atoms with E-state index >= 15 is 0 Å². The van der Waals surface area contributed by atoms with Crippen LogP contribution in [0, 0.1) is 6.92 Å². The summed E-state index contributed by atoms with van der Waals surface area (Å²) in [6.45, 7) is 5.26. The van der Waals surface area contributed by atoms with E-state index in [0.29, 0.717) is 11.2 Å². The molecule has 1 fully saturated rings. The van der Waals surface area contributed by atoms with Gasteiger partial charge in [0, 0.05) is 5.69 Å². The summed E-state index contributed by atoms with van der Waals surface area (Å²) < 4.78 is 5.69. The lowest BCUT2D eigenvalue weighted by Gasteiger charge is -2.30. The minimum absolute atomic E-state index is 0.303. The Morgan fingerprint density at radius 3 is 2.67 bits per heavy atom. The van der Waals surface area contributed by atoms with E-state index in [1.54, 1.807) is 11.2 Å². The largest absolute Gasteiger partial charge is 0.463 e. The third-order valence-electron chi connectivity index (χ3n) is 4.74. The van der Waals surface area contributed by atoms with Crippen molar-refractivity contribution < 1.29 is 9.32 Å². The van der Waals surface area contributed by atoms with E-state index in [1.165, 1.54) is 37.9 Å². The van der Waals surface area contributed by atoms with Crippen molar-refractivity contribution >= 4 is 23.0 Å². The van der Waals surface area contributed by atoms with Crippen LogP contribution >= 0.6 is 12.2 Å². The predicted molar refractivity (Wildman–Crippen MR) is 101 cm³/mol. The second kappa shape index (κ2) is 8.31. The summed E-state index contributed by atoms with van der Waals surface area (Å²) in [5.41, 5.74) is 2.24. The molecule has 1 aliphatic rings. The van der Waals surface area contributed by atoms with Crippen LogP contribution in [0.25, 0.3) is 0 Å². The minimum Gasteiger partial charge on any atom is -0.463 e. The zero-order valence-electron chi connectivity index (χ0n) is 14.2. The summed E-state index contributed by atoms with van der Waals surface area (Å²) >= 11 is 5.48. The summed E-state index contributed by atoms with van der Waals surface area (Å²) in [6.07, 6.45) is 5.68. The lowest BCUT2D eigenvalue weighted by Crippen LogP contribution is -3.13. The van der Waals surface area contributed by atoms with E-state index in [1.807, 2.05) is 24.3 Å². The van der Waals surface area contributed by atoms with Crippen LogP contribution in [-0.2, 0) is 0 Å². The van der Waals surface area contributed by atoms with Gasteiger partial charge in [-0.2, -0.15) is 0 Å². The van der Waals surface area contributed by atoms with Gasteiger partial charge in [0.1, 0.15) is 0 Å². The van der Waals surface area contributed by atoms with Gasteiger partial charge in [0.25, 0.3) is 0 Å². The number of furan rings is 1. The van der Waals surface area contributed by atoms with Crippen LogP contribution in [0.2, 0.25) is 0 Å². The third-order valence-corrected chi connectivity index (χ3v) is 4.98. The molecule has 1 aliphatic heterocycles. The third kappa shape index (κ3) is 4.36. The van der Waals surface area contributed by atoms with Crippen LogP contribution in [0.4, 0.5) is 5.69 Å². The normalized spacial score (nSPS) is 16.5. The maximum atomic E-state index is 5.69. The van der Waals surface area contributed by atoms with Crippen molar-refractivity contribution in [3.05, 3.63) is 54.0 Å². The number of anilines is 1. The van der Waals surface area contributed by atoms with Crippen molar-refractivity contribution in [3.8, 4) is 0 Å². The van der Waals surface area contributed by atoms with Gasteiger partial charge in [-0.3, -0.25) is 0 Å². The molecule has 0 bridgehead atoms. The molecule has 3 rings (SSSR count). The molecule has 24 heavy (non-hydrogen) atoms. The molecule has 5 heteroatoms. The summed E-state index contributed by atoms with van der Waals surface area (Å²) in [7, 11) is 0. The van der Waals surface area contributed by atoms with Gasteiger partial charge in [-0.25, -0.2) is 0 Å². The van der Waals surface area contributed by atoms with Crippen molar-refractivity contribution in [2.75, 3.05) is 25.0 Å². The summed E-state index contributed by atoms with van der Waals surface area (Å²) in [5.74, 6) is 1.04. The topological polar surface area (TPSA) is 41.6 Å². The standard InChI is InChI=1S/C19H25N3OS/c1-15-8-3-4-9-16(15)21-19(24)20-14-17(18-10-7-13-23-18)22-11-5-2-6-12-22/h3-4,7-10,13,17H,2,5-6,11-12,14H2,1H3,(H2,20,21,24)/p+1/t17-/m1/s1. The van der Waals surface area contributed by atoms with Crippen LogP contribution in [0.3, 0.4) is 0 Å². The molecule has 1 aromatic heterocycles. The lowest BCUT2D eigenvalue weighted by atomic mass is 10.1. The number of piperidine rings is 1. The van der Waals surface area contributed by atoms with Crippen molar-refractivity contribution in [2.45, 2.75) is 32.2 Å². The van der Waals surface area contributed by atoms with Crippen molar-refractivity contribution in [3.63, 3.8) is 0 Å². The highest BCUT2D eigenvalue weighted by Crippen LogP contribution is 2.14. The maximum absolute atomic E-state index is 5.69. The van der Waals surface area contributed by atoms with Crippen molar-refractivity contribution in [2.24, 2.45) is 0 Å². The molecule has 2 heterocycles. The Kier molecular flexibility index (Phi) is 5.88. The van der Waals surface area contributed by atoms with E-state index < -0.39 is 0 Å². The molecular formula is C19H26N3OS+. The molecule has 0 spiro atoms. The SMILES string of the molecule is Cc1ccccc1NC(=S)NC[C@H](c1ccco1)[NH+]1CCCCC1. The van der Waals surface area contributed by atoms with Gasteiger partial charge in [0.2, 0.25) is 0 Å². The van der Waals surface area contributed by atoms with Gasteiger partial charge in [0.15, 0.2) is 16.9 Å². The molecule has 0 aliphatic carbocycles. The number of para-hydroxylation sites is 1. The molecule has 3 N–H and O–H groups in total. The molecule has 1 aromatic carbocycles. The van der Waals surface area contributed by atoms with E-state index in [9.17, 15) is 0 Å². The van der Waals surface area contributed by atoms with Crippen LogP contribution in [0.15, 0.2) is 47.1 Å². The Bertz CT molecular complexity index is 650. The van der Waals surface area contributed by atoms with Crippen molar-refractivity contribution in [1.29, 1.82) is 0 Å². The minimum atomic E-state index is 0.303. The van der Waals surface area contributed by atoms with E-state index in [0.717, 1.165) is 18.0 Å². The quantitative estimate of drug-likeness (QED) is 0.730. The summed E-state index contributed by atoms with van der Waals surface area (Å²) in [4.78, 5) is 1.59. The van der Waals surface area contributed by atoms with Crippen LogP contribution in [-0.4, -0.2) is 24.7 Å². The van der Waals surface area contributed by atoms with Gasteiger partial charge in [-0.15, -0.1) is 0 Å². The first-order chi connectivity index (χ1) is 11.7. The second-order valence-electron chi connectivity index (χ2n) is 6.44. The average Bonchev–Trinajstić information content (AvgIpc) is 3.12. The van der Waals surface area contributed by atoms with Crippen LogP contribution < -0.4 is 15.5 Å². The highest BCUT2D eigenvalue weighted by atomic mass is 32.1. The molecule has 2 aromatic rings. The number of likely N-dealkylation sites (tertiary alicyclic amines) is 1. The molecule has 1 atom stereocenters. The first-order valence-corrected chi connectivity index (χ1v) is 9.13. The molecule has 0 saturated carbocycles. The number of quaternary nitrogens is 1. The fourth-order valence-corrected chi connectivity index (χ4v) is 3.56. The van der Waals surface area contributed by atoms with Gasteiger partial charge >= 0.3 is 0 Å². The van der Waals surface area contributed by atoms with Crippen LogP contribution in [0.5, 0.6) is 0 Å². The molecule has 0 radical (unpaired) electrons. The summed E-state index contributed by atoms with van der Waals surface area (Å²) in [6, 6.07) is 12.5. The number of rotatable bonds is 5. The molecular weight excluding hydrogens is 318 g/mol. The molecule has 4 nitrogen and oxygen atoms in total. The number of hydrogen-bond acceptors (Lipinski definition) is 2. The molecule has 0 amide bonds. The van der Waals surface area contributed by atoms with E-state index in [-0.39, 0.29) is 0 Å². The number of thiocarbonyl (C=S) groups is 1. The van der Waals surface area contributed by atoms with Crippen LogP contribution in [0.1, 0.15) is 36.6 Å². The first-order valence-electron chi connectivity index (χ1n) is 8.72. The number of hydrogen-bond donors (Lipinski definition) is 3. The fourth-order valence-electron chi connectivity index (χ4n) is 3.36. The Morgan fingerprint density at radius 1 is 1.17 bits per heavy atom. The lowest BCUT2D eigenvalue weighted by molar-refractivity contribution is -0.936. The van der Waals surface area contributed by atoms with E-state index in [2.05, 4.69) is 29.7 Å². The number of nitrogens with one attached hydrogen (secondary N) is 3. The van der Waals surface area contributed by atoms with Gasteiger partial charge in [0.05, 0.1) is 25.9 Å². The zero-order chi connectivity index (χ0) is 16.8. The molecule has 128 valence electrons. The smallest absolute Gasteiger partial charge is 0.171 e. The van der Waals surface area contributed by atoms with Gasteiger partial charge in [-0.05, 0) is 62.2 Å². The molecule has 1 saturated heterocycles. The zero-order valence-corrected chi connectivity index (χ0v) is 15.0. The van der Waals surface area contributed by atoms with Gasteiger partial charge in [-0.1, -0.05) is 18.2 Å². The predicted octanol–water partition coefficient (Wildman–Crippen LogP) is 2.68. The Hall–Kier alpha value is -1.85. The Labute approximate surface area is 149 Å². The fraction of sp³-hybridized carbons (Fsp3) is 0.421. The average molecular weight is 345 g/mol. The highest BCUT2D eigenvalue weighted by Gasteiger charge is 2.28. The first kappa shape index (κ1) is 17.0. The Morgan fingerprint density at radius 2 is 1.96 bits per heavy atom. The number of benzene rings is 1. The molecule has 0 unspecified atom stereocenters.